The van der Waals surface area contributed by atoms with Crippen LogP contribution >= 0.6 is 11.8 Å². The molecule has 0 aliphatic carbocycles. The first-order chi connectivity index (χ1) is 16.7. The number of ether oxygens (including phenoxy) is 4. The fourth-order valence-electron chi connectivity index (χ4n) is 5.22. The largest absolute Gasteiger partial charge is 0.376 e. The molecule has 0 bridgehead atoms. The lowest BCUT2D eigenvalue weighted by Gasteiger charge is -2.45. The molecule has 0 amide bonds. The van der Waals surface area contributed by atoms with Gasteiger partial charge in [-0.25, -0.2) is 0 Å². The van der Waals surface area contributed by atoms with E-state index in [4.69, 9.17) is 18.9 Å². The van der Waals surface area contributed by atoms with E-state index in [-0.39, 0.29) is 36.6 Å². The monoisotopic (exact) mass is 478 g/mol. The zero-order valence-electron chi connectivity index (χ0n) is 19.8. The first kappa shape index (κ1) is 23.9. The SMILES string of the molecule is C[C@@H]1C[C@@H]2O[C@H](C#CSc3ccccc3)[C@@H](OCc3ccccc3)C[C@H]2O[C@H]2CCCO[C@@H]2C1. The molecule has 0 unspecified atom stereocenters. The molecule has 2 aromatic rings. The number of hydrogen-bond acceptors (Lipinski definition) is 5. The van der Waals surface area contributed by atoms with Crippen LogP contribution in [-0.4, -0.2) is 43.2 Å². The lowest BCUT2D eigenvalue weighted by Crippen LogP contribution is -2.53. The zero-order chi connectivity index (χ0) is 23.2. The normalized spacial score (nSPS) is 33.4. The topological polar surface area (TPSA) is 36.9 Å². The summed E-state index contributed by atoms with van der Waals surface area (Å²) in [7, 11) is 0. The Morgan fingerprint density at radius 3 is 2.44 bits per heavy atom. The highest BCUT2D eigenvalue weighted by Crippen LogP contribution is 2.36. The Balaban J connectivity index is 1.32. The van der Waals surface area contributed by atoms with Gasteiger partial charge in [0.25, 0.3) is 0 Å². The van der Waals surface area contributed by atoms with Gasteiger partial charge in [0.15, 0.2) is 0 Å². The molecule has 3 aliphatic heterocycles. The van der Waals surface area contributed by atoms with Crippen LogP contribution in [0.25, 0.3) is 0 Å². The van der Waals surface area contributed by atoms with E-state index in [1.807, 2.05) is 36.4 Å². The minimum absolute atomic E-state index is 0.0116. The van der Waals surface area contributed by atoms with Gasteiger partial charge in [-0.05, 0) is 66.3 Å². The number of thioether (sulfide) groups is 1. The highest BCUT2D eigenvalue weighted by atomic mass is 32.2. The lowest BCUT2D eigenvalue weighted by atomic mass is 9.85. The molecule has 3 aliphatic rings. The van der Waals surface area contributed by atoms with Crippen molar-refractivity contribution in [3.05, 3.63) is 66.2 Å². The summed E-state index contributed by atoms with van der Waals surface area (Å²) in [6.45, 7) is 3.70. The number of benzene rings is 2. The van der Waals surface area contributed by atoms with Crippen molar-refractivity contribution >= 4 is 11.8 Å². The van der Waals surface area contributed by atoms with Crippen LogP contribution in [0, 0.1) is 17.1 Å². The Morgan fingerprint density at radius 1 is 0.882 bits per heavy atom. The van der Waals surface area contributed by atoms with Crippen LogP contribution < -0.4 is 0 Å². The van der Waals surface area contributed by atoms with Crippen molar-refractivity contribution in [1.29, 1.82) is 0 Å². The van der Waals surface area contributed by atoms with Gasteiger partial charge in [0, 0.05) is 17.9 Å². The summed E-state index contributed by atoms with van der Waals surface area (Å²) in [4.78, 5) is 1.14. The molecule has 3 saturated heterocycles. The van der Waals surface area contributed by atoms with E-state index in [9.17, 15) is 0 Å². The zero-order valence-corrected chi connectivity index (χ0v) is 20.6. The molecule has 7 atom stereocenters. The van der Waals surface area contributed by atoms with Crippen molar-refractivity contribution in [3.8, 4) is 11.2 Å². The van der Waals surface area contributed by atoms with E-state index >= 15 is 0 Å². The maximum Gasteiger partial charge on any atom is 0.145 e. The van der Waals surface area contributed by atoms with Gasteiger partial charge >= 0.3 is 0 Å². The second kappa shape index (κ2) is 11.7. The highest BCUT2D eigenvalue weighted by molar-refractivity contribution is 8.03. The Bertz CT molecular complexity index is 956. The third kappa shape index (κ3) is 6.24. The van der Waals surface area contributed by atoms with E-state index < -0.39 is 0 Å². The van der Waals surface area contributed by atoms with E-state index in [1.54, 1.807) is 0 Å². The van der Waals surface area contributed by atoms with Crippen LogP contribution in [0.3, 0.4) is 0 Å². The first-order valence-corrected chi connectivity index (χ1v) is 13.4. The molecule has 0 spiro atoms. The summed E-state index contributed by atoms with van der Waals surface area (Å²) in [5, 5.41) is 3.28. The number of fused-ring (bicyclic) bond motifs is 2. The average molecular weight is 479 g/mol. The molecule has 5 heteroatoms. The van der Waals surface area contributed by atoms with Gasteiger partial charge in [-0.15, -0.1) is 0 Å². The van der Waals surface area contributed by atoms with Crippen LogP contribution in [0.15, 0.2) is 65.6 Å². The molecule has 2 aromatic carbocycles. The minimum Gasteiger partial charge on any atom is -0.376 e. The molecule has 0 radical (unpaired) electrons. The smallest absolute Gasteiger partial charge is 0.145 e. The second-order valence-corrected chi connectivity index (χ2v) is 10.5. The van der Waals surface area contributed by atoms with E-state index in [1.165, 1.54) is 11.8 Å². The van der Waals surface area contributed by atoms with Crippen molar-refractivity contribution in [1.82, 2.24) is 0 Å². The maximum atomic E-state index is 6.67. The van der Waals surface area contributed by atoms with Crippen molar-refractivity contribution in [2.75, 3.05) is 6.61 Å². The van der Waals surface area contributed by atoms with Crippen LogP contribution in [0.2, 0.25) is 0 Å². The van der Waals surface area contributed by atoms with Gasteiger partial charge < -0.3 is 18.9 Å². The Hall–Kier alpha value is -1.81. The molecule has 34 heavy (non-hydrogen) atoms. The maximum absolute atomic E-state index is 6.67. The van der Waals surface area contributed by atoms with Gasteiger partial charge in [-0.1, -0.05) is 61.4 Å². The highest BCUT2D eigenvalue weighted by Gasteiger charge is 2.43. The molecule has 0 N–H and O–H groups in total. The van der Waals surface area contributed by atoms with Gasteiger partial charge in [0.1, 0.15) is 6.10 Å². The quantitative estimate of drug-likeness (QED) is 0.407. The molecule has 180 valence electrons. The fraction of sp³-hybridized carbons (Fsp3) is 0.517. The summed E-state index contributed by atoms with van der Waals surface area (Å²) in [6, 6.07) is 20.5. The van der Waals surface area contributed by atoms with Crippen LogP contribution in [-0.2, 0) is 25.6 Å². The van der Waals surface area contributed by atoms with E-state index in [0.717, 1.165) is 49.2 Å². The lowest BCUT2D eigenvalue weighted by molar-refractivity contribution is -0.230. The Kier molecular flexibility index (Phi) is 8.26. The predicted molar refractivity (Wildman–Crippen MR) is 134 cm³/mol. The second-order valence-electron chi connectivity index (χ2n) is 9.67. The van der Waals surface area contributed by atoms with Crippen molar-refractivity contribution in [3.63, 3.8) is 0 Å². The summed E-state index contributed by atoms with van der Waals surface area (Å²) >= 11 is 1.54. The van der Waals surface area contributed by atoms with Crippen molar-refractivity contribution in [2.24, 2.45) is 5.92 Å². The summed E-state index contributed by atoms with van der Waals surface area (Å²) in [6.07, 6.45) is 4.91. The third-order valence-corrected chi connectivity index (χ3v) is 7.68. The molecule has 3 fully saturated rings. The van der Waals surface area contributed by atoms with Gasteiger partial charge in [-0.2, -0.15) is 0 Å². The number of rotatable bonds is 4. The van der Waals surface area contributed by atoms with Crippen LogP contribution in [0.4, 0.5) is 0 Å². The molecule has 0 aromatic heterocycles. The van der Waals surface area contributed by atoms with Gasteiger partial charge in [0.05, 0.1) is 37.1 Å². The Labute approximate surface area is 207 Å². The van der Waals surface area contributed by atoms with E-state index in [0.29, 0.717) is 12.5 Å². The van der Waals surface area contributed by atoms with Crippen molar-refractivity contribution < 1.29 is 18.9 Å². The molecular formula is C29H34O4S. The first-order valence-electron chi connectivity index (χ1n) is 12.5. The molecule has 3 heterocycles. The van der Waals surface area contributed by atoms with Gasteiger partial charge in [0.2, 0.25) is 0 Å². The van der Waals surface area contributed by atoms with Crippen LogP contribution in [0.5, 0.6) is 0 Å². The summed E-state index contributed by atoms with van der Waals surface area (Å²) in [5.41, 5.74) is 1.16. The van der Waals surface area contributed by atoms with Gasteiger partial charge in [-0.3, -0.25) is 0 Å². The standard InChI is InChI=1S/C29H34O4S/c1-21-17-26-24(13-8-15-30-26)32-29-19-27(31-20-22-9-4-2-5-10-22)25(33-28(29)18-21)14-16-34-23-11-6-3-7-12-23/h2-7,9-12,21,24-29H,8,13,15,17-20H2,1H3/t21-,24-,25+,26+,27-,28-,29+/m0/s1. The summed E-state index contributed by atoms with van der Waals surface area (Å²) < 4.78 is 25.8. The van der Waals surface area contributed by atoms with Crippen molar-refractivity contribution in [2.45, 2.75) is 87.2 Å². The predicted octanol–water partition coefficient (Wildman–Crippen LogP) is 5.85. The Morgan fingerprint density at radius 2 is 1.62 bits per heavy atom. The summed E-state index contributed by atoms with van der Waals surface area (Å²) in [5.74, 6) is 3.91. The molecule has 5 rings (SSSR count). The number of hydrogen-bond donors (Lipinski definition) is 0. The van der Waals surface area contributed by atoms with E-state index in [2.05, 4.69) is 42.4 Å². The average Bonchev–Trinajstić information content (AvgIpc) is 2.86. The third-order valence-electron chi connectivity index (χ3n) is 6.96. The molecule has 0 saturated carbocycles. The van der Waals surface area contributed by atoms with Crippen LogP contribution in [0.1, 0.15) is 44.6 Å². The fourth-order valence-corrected chi connectivity index (χ4v) is 5.80. The molecular weight excluding hydrogens is 444 g/mol. The minimum atomic E-state index is -0.269. The molecule has 4 nitrogen and oxygen atoms in total.